The third-order valence-corrected chi connectivity index (χ3v) is 10.8. The van der Waals surface area contributed by atoms with Crippen molar-refractivity contribution in [3.8, 4) is 0 Å². The molecular weight excluding hydrogens is 660 g/mol. The largest absolute Gasteiger partial charge is 0.462 e. The summed E-state index contributed by atoms with van der Waals surface area (Å²) in [6.07, 6.45) is 6.65. The maximum Gasteiger partial charge on any atom is 0.348 e. The third kappa shape index (κ3) is 7.33. The summed E-state index contributed by atoms with van der Waals surface area (Å²) in [7, 11) is 0. The van der Waals surface area contributed by atoms with Crippen LogP contribution in [-0.2, 0) is 54.2 Å². The zero-order chi connectivity index (χ0) is 36.4. The minimum absolute atomic E-state index is 0.0272. The van der Waals surface area contributed by atoms with Crippen LogP contribution in [0.2, 0.25) is 0 Å². The highest BCUT2D eigenvalue weighted by atomic mass is 16.8. The molecule has 7 atom stereocenters. The normalized spacial score (nSPS) is 31.7. The summed E-state index contributed by atoms with van der Waals surface area (Å²) < 4.78 is 30.2. The van der Waals surface area contributed by atoms with Gasteiger partial charge in [-0.3, -0.25) is 14.4 Å². The molecule has 1 amide bonds. The first kappa shape index (κ1) is 37.4. The summed E-state index contributed by atoms with van der Waals surface area (Å²) in [4.78, 5) is 59.4. The minimum atomic E-state index is -1.33. The zero-order valence-corrected chi connectivity index (χ0v) is 30.1. The number of nitrogens with one attached hydrogen (secondary N) is 1. The highest BCUT2D eigenvalue weighted by Crippen LogP contribution is 2.58. The van der Waals surface area contributed by atoms with Gasteiger partial charge in [-0.25, -0.2) is 9.59 Å². The maximum absolute atomic E-state index is 14.1. The van der Waals surface area contributed by atoms with Gasteiger partial charge in [0.25, 0.3) is 0 Å². The predicted octanol–water partition coefficient (Wildman–Crippen LogP) is 3.74. The van der Waals surface area contributed by atoms with E-state index in [9.17, 15) is 24.3 Å². The summed E-state index contributed by atoms with van der Waals surface area (Å²) in [5.74, 6) is -3.07. The van der Waals surface area contributed by atoms with E-state index in [4.69, 9.17) is 28.5 Å². The maximum atomic E-state index is 14.1. The lowest BCUT2D eigenvalue weighted by Crippen LogP contribution is -2.69. The summed E-state index contributed by atoms with van der Waals surface area (Å²) in [5, 5.41) is 13.9. The Kier molecular flexibility index (Phi) is 11.2. The highest BCUT2D eigenvalue weighted by molar-refractivity contribution is 5.93. The molecule has 13 nitrogen and oxygen atoms in total. The van der Waals surface area contributed by atoms with Crippen LogP contribution in [0.5, 0.6) is 0 Å². The van der Waals surface area contributed by atoms with Gasteiger partial charge in [0, 0.05) is 37.3 Å². The van der Waals surface area contributed by atoms with Crippen LogP contribution in [0, 0.1) is 10.8 Å². The summed E-state index contributed by atoms with van der Waals surface area (Å²) in [5.41, 5.74) is -0.535. The number of amides is 1. The molecule has 0 spiro atoms. The number of carbonyl (C=O) groups is 4. The number of aliphatic hydroxyl groups excluding tert-OH is 1. The average molecular weight is 713 g/mol. The number of hydrogen-bond donors (Lipinski definition) is 2. The van der Waals surface area contributed by atoms with Crippen molar-refractivity contribution in [1.82, 2.24) is 10.4 Å². The molecule has 4 aliphatic heterocycles. The lowest BCUT2D eigenvalue weighted by Gasteiger charge is -2.48. The average Bonchev–Trinajstić information content (AvgIpc) is 3.74. The van der Waals surface area contributed by atoms with Gasteiger partial charge < -0.3 is 34.1 Å². The number of cyclic esters (lactones) is 1. The number of ether oxygens (including phenoxy) is 5. The molecular formula is C38H52N2O11. The molecule has 1 saturated carbocycles. The van der Waals surface area contributed by atoms with E-state index in [-0.39, 0.29) is 32.7 Å². The number of unbranched alkanes of at least 4 members (excludes halogenated alkanes) is 4. The quantitative estimate of drug-likeness (QED) is 0.111. The Morgan fingerprint density at radius 2 is 1.76 bits per heavy atom. The molecule has 1 aromatic carbocycles. The Balaban J connectivity index is 1.25. The molecule has 2 bridgehead atoms. The summed E-state index contributed by atoms with van der Waals surface area (Å²) in [6, 6.07) is 6.24. The van der Waals surface area contributed by atoms with Crippen LogP contribution in [0.15, 0.2) is 30.3 Å². The van der Waals surface area contributed by atoms with Crippen LogP contribution in [0.25, 0.3) is 6.08 Å². The molecule has 4 heterocycles. The number of nitrogens with zero attached hydrogens (tertiary/aromatic N) is 1. The van der Waals surface area contributed by atoms with Gasteiger partial charge in [0.1, 0.15) is 36.4 Å². The van der Waals surface area contributed by atoms with Gasteiger partial charge in [0.05, 0.1) is 13.2 Å². The molecule has 13 heteroatoms. The fraction of sp³-hybridized carbons (Fsp3) is 0.684. The second kappa shape index (κ2) is 15.3. The number of fused-ring (bicyclic) bond motifs is 4. The van der Waals surface area contributed by atoms with E-state index in [2.05, 4.69) is 19.2 Å². The van der Waals surface area contributed by atoms with Crippen molar-refractivity contribution in [1.29, 1.82) is 0 Å². The molecule has 4 saturated heterocycles. The summed E-state index contributed by atoms with van der Waals surface area (Å²) >= 11 is 0. The van der Waals surface area contributed by atoms with Crippen molar-refractivity contribution in [3.63, 3.8) is 0 Å². The van der Waals surface area contributed by atoms with Crippen LogP contribution in [0.4, 0.5) is 0 Å². The van der Waals surface area contributed by atoms with E-state index in [1.807, 2.05) is 18.2 Å². The fourth-order valence-corrected chi connectivity index (χ4v) is 8.26. The van der Waals surface area contributed by atoms with Gasteiger partial charge in [-0.2, -0.15) is 5.06 Å². The molecule has 6 rings (SSSR count). The lowest BCUT2D eigenvalue weighted by atomic mass is 9.62. The van der Waals surface area contributed by atoms with Crippen LogP contribution in [0.3, 0.4) is 0 Å². The number of carbonyl (C=O) groups excluding carboxylic acids is 4. The van der Waals surface area contributed by atoms with Gasteiger partial charge in [0.2, 0.25) is 12.0 Å². The van der Waals surface area contributed by atoms with Gasteiger partial charge in [0.15, 0.2) is 11.8 Å². The number of aliphatic hydroxyl groups is 1. The van der Waals surface area contributed by atoms with E-state index in [0.717, 1.165) is 44.1 Å². The molecule has 0 radical (unpaired) electrons. The standard InChI is InChI=1S/C38H52N2O11/c1-5-7-9-16-37(17-10-8-6-2)49-28-26-21-38(35(45)39-18-19-41)30(33(43)47-26)40(51-31(38)29(28)50-37)22-25-13-11-12-24(20-25)14-15-27(42)48-32-34(44)46-23-36(32,3)4/h11-15,20,26,28-32,41H,5-10,16-19,21-23H2,1-4H3,(H,39,45)/t26?,28-,29-,30-,31+,32-,38?/m0/s1. The molecule has 51 heavy (non-hydrogen) atoms. The third-order valence-electron chi connectivity index (χ3n) is 10.8. The first-order valence-electron chi connectivity index (χ1n) is 18.5. The molecule has 5 aliphatic rings. The van der Waals surface area contributed by atoms with Gasteiger partial charge >= 0.3 is 17.9 Å². The lowest BCUT2D eigenvalue weighted by molar-refractivity contribution is -0.224. The molecule has 0 aromatic heterocycles. The number of hydrogen-bond acceptors (Lipinski definition) is 12. The smallest absolute Gasteiger partial charge is 0.348 e. The topological polar surface area (TPSA) is 159 Å². The van der Waals surface area contributed by atoms with E-state index < -0.39 is 77.0 Å². The number of hydroxylamine groups is 2. The van der Waals surface area contributed by atoms with Gasteiger partial charge in [-0.15, -0.1) is 0 Å². The van der Waals surface area contributed by atoms with Crippen molar-refractivity contribution in [2.24, 2.45) is 10.8 Å². The first-order chi connectivity index (χ1) is 24.5. The van der Waals surface area contributed by atoms with Crippen molar-refractivity contribution < 1.29 is 52.8 Å². The number of esters is 3. The van der Waals surface area contributed by atoms with Gasteiger partial charge in [-0.05, 0) is 30.0 Å². The first-order valence-corrected chi connectivity index (χ1v) is 18.5. The molecule has 1 aromatic rings. The van der Waals surface area contributed by atoms with E-state index in [1.54, 1.807) is 26.0 Å². The van der Waals surface area contributed by atoms with Crippen molar-refractivity contribution in [2.45, 2.75) is 134 Å². The molecule has 280 valence electrons. The van der Waals surface area contributed by atoms with Crippen molar-refractivity contribution in [3.05, 3.63) is 41.5 Å². The van der Waals surface area contributed by atoms with E-state index in [1.165, 1.54) is 11.1 Å². The second-order valence-corrected chi connectivity index (χ2v) is 15.2. The Labute approximate surface area is 299 Å². The Morgan fingerprint density at radius 3 is 2.43 bits per heavy atom. The van der Waals surface area contributed by atoms with Crippen LogP contribution < -0.4 is 5.32 Å². The molecule has 5 fully saturated rings. The van der Waals surface area contributed by atoms with E-state index in [0.29, 0.717) is 18.4 Å². The second-order valence-electron chi connectivity index (χ2n) is 15.2. The summed E-state index contributed by atoms with van der Waals surface area (Å²) in [6.45, 7) is 7.96. The molecule has 2 N–H and O–H groups in total. The Hall–Kier alpha value is -3.36. The van der Waals surface area contributed by atoms with Crippen LogP contribution in [0.1, 0.15) is 96.6 Å². The SMILES string of the molecule is CCCCCC1(CCCCC)O[C@@H]2[C@H]3ON(Cc4cccc(C=CC(=O)O[C@H]5C(=O)OCC5(C)C)c4)[C@H]4C(=O)OC(CC34C(=O)NCCO)[C@@H]2O1. The monoisotopic (exact) mass is 712 g/mol. The fourth-order valence-electron chi connectivity index (χ4n) is 8.26. The Morgan fingerprint density at radius 1 is 1.04 bits per heavy atom. The van der Waals surface area contributed by atoms with Crippen molar-refractivity contribution in [2.75, 3.05) is 19.8 Å². The van der Waals surface area contributed by atoms with Crippen LogP contribution >= 0.6 is 0 Å². The number of rotatable bonds is 16. The number of benzene rings is 1. The molecule has 2 unspecified atom stereocenters. The molecule has 1 aliphatic carbocycles. The highest BCUT2D eigenvalue weighted by Gasteiger charge is 2.76. The van der Waals surface area contributed by atoms with Gasteiger partial charge in [-0.1, -0.05) is 77.6 Å². The minimum Gasteiger partial charge on any atom is -0.462 e. The predicted molar refractivity (Wildman–Crippen MR) is 182 cm³/mol. The zero-order valence-electron chi connectivity index (χ0n) is 30.1. The van der Waals surface area contributed by atoms with E-state index >= 15 is 0 Å². The van der Waals surface area contributed by atoms with Crippen molar-refractivity contribution >= 4 is 29.9 Å². The Bertz CT molecular complexity index is 1490. The van der Waals surface area contributed by atoms with Crippen LogP contribution in [-0.4, -0.2) is 96.1 Å².